The number of hydrogen-bond donors (Lipinski definition) is 1. The summed E-state index contributed by atoms with van der Waals surface area (Å²) >= 11 is 0. The van der Waals surface area contributed by atoms with Crippen molar-refractivity contribution in [2.45, 2.75) is 0 Å². The predicted molar refractivity (Wildman–Crippen MR) is 101 cm³/mol. The Morgan fingerprint density at radius 1 is 0.926 bits per heavy atom. The van der Waals surface area contributed by atoms with Gasteiger partial charge in [0.1, 0.15) is 5.75 Å². The van der Waals surface area contributed by atoms with Gasteiger partial charge in [0.05, 0.1) is 21.3 Å². The number of benzene rings is 2. The maximum atomic E-state index is 11.9. The van der Waals surface area contributed by atoms with Crippen LogP contribution in [0.25, 0.3) is 6.08 Å². The van der Waals surface area contributed by atoms with Crippen molar-refractivity contribution in [2.75, 3.05) is 33.3 Å². The Morgan fingerprint density at radius 2 is 1.63 bits per heavy atom. The van der Waals surface area contributed by atoms with E-state index < -0.39 is 18.5 Å². The number of hydrogen-bond acceptors (Lipinski definition) is 6. The van der Waals surface area contributed by atoms with E-state index in [-0.39, 0.29) is 0 Å². The third-order valence-corrected chi connectivity index (χ3v) is 3.54. The number of rotatable bonds is 8. The van der Waals surface area contributed by atoms with Gasteiger partial charge in [-0.15, -0.1) is 0 Å². The van der Waals surface area contributed by atoms with Crippen molar-refractivity contribution in [3.63, 3.8) is 0 Å². The van der Waals surface area contributed by atoms with Gasteiger partial charge in [0, 0.05) is 17.8 Å². The fraction of sp³-hybridized carbons (Fsp3) is 0.200. The van der Waals surface area contributed by atoms with Gasteiger partial charge in [0.2, 0.25) is 0 Å². The molecule has 0 spiro atoms. The van der Waals surface area contributed by atoms with Crippen LogP contribution in [-0.2, 0) is 14.3 Å². The van der Waals surface area contributed by atoms with E-state index in [0.29, 0.717) is 17.2 Å². The number of ether oxygens (including phenoxy) is 4. The van der Waals surface area contributed by atoms with Gasteiger partial charge in [-0.05, 0) is 35.9 Å². The third kappa shape index (κ3) is 6.07. The van der Waals surface area contributed by atoms with E-state index >= 15 is 0 Å². The summed E-state index contributed by atoms with van der Waals surface area (Å²) in [6.07, 6.45) is 2.85. The molecule has 0 saturated heterocycles. The van der Waals surface area contributed by atoms with Crippen LogP contribution >= 0.6 is 0 Å². The molecule has 0 heterocycles. The average Bonchev–Trinajstić information content (AvgIpc) is 2.70. The van der Waals surface area contributed by atoms with Crippen LogP contribution in [0.1, 0.15) is 5.56 Å². The number of amides is 1. The number of anilines is 1. The highest BCUT2D eigenvalue weighted by Gasteiger charge is 2.09. The SMILES string of the molecule is COc1ccc(C=CC(=O)OCC(=O)Nc2ccc(OC)c(OC)c2)cc1. The highest BCUT2D eigenvalue weighted by Crippen LogP contribution is 2.29. The molecule has 142 valence electrons. The van der Waals surface area contributed by atoms with Crippen molar-refractivity contribution < 1.29 is 28.5 Å². The van der Waals surface area contributed by atoms with Gasteiger partial charge in [-0.25, -0.2) is 4.79 Å². The molecule has 0 aliphatic rings. The highest BCUT2D eigenvalue weighted by molar-refractivity contribution is 5.94. The standard InChI is InChI=1S/C20H21NO6/c1-24-16-8-4-14(5-9-16)6-11-20(23)27-13-19(22)21-15-7-10-17(25-2)18(12-15)26-3/h4-12H,13H2,1-3H3,(H,21,22). The first kappa shape index (κ1) is 19.8. The van der Waals surface area contributed by atoms with E-state index in [1.165, 1.54) is 20.3 Å². The summed E-state index contributed by atoms with van der Waals surface area (Å²) in [6, 6.07) is 12.1. The molecule has 2 rings (SSSR count). The lowest BCUT2D eigenvalue weighted by atomic mass is 10.2. The normalized spacial score (nSPS) is 10.3. The number of esters is 1. The minimum absolute atomic E-state index is 0.403. The zero-order valence-corrected chi connectivity index (χ0v) is 15.4. The first-order chi connectivity index (χ1) is 13.0. The van der Waals surface area contributed by atoms with Gasteiger partial charge in [0.25, 0.3) is 5.91 Å². The van der Waals surface area contributed by atoms with Crippen LogP contribution in [0, 0.1) is 0 Å². The molecule has 0 unspecified atom stereocenters. The summed E-state index contributed by atoms with van der Waals surface area (Å²) in [7, 11) is 4.60. The lowest BCUT2D eigenvalue weighted by Gasteiger charge is -2.10. The van der Waals surface area contributed by atoms with E-state index in [4.69, 9.17) is 18.9 Å². The maximum absolute atomic E-state index is 11.9. The molecule has 2 aromatic carbocycles. The molecule has 7 nitrogen and oxygen atoms in total. The molecule has 0 atom stereocenters. The lowest BCUT2D eigenvalue weighted by molar-refractivity contribution is -0.142. The summed E-state index contributed by atoms with van der Waals surface area (Å²) in [6.45, 7) is -0.403. The quantitative estimate of drug-likeness (QED) is 0.567. The summed E-state index contributed by atoms with van der Waals surface area (Å²) in [5, 5.41) is 2.62. The number of carbonyl (C=O) groups is 2. The smallest absolute Gasteiger partial charge is 0.331 e. The molecule has 1 N–H and O–H groups in total. The fourth-order valence-electron chi connectivity index (χ4n) is 2.18. The van der Waals surface area contributed by atoms with Crippen molar-refractivity contribution in [3.05, 3.63) is 54.1 Å². The van der Waals surface area contributed by atoms with Crippen LogP contribution in [0.15, 0.2) is 48.5 Å². The van der Waals surface area contributed by atoms with Gasteiger partial charge in [0.15, 0.2) is 18.1 Å². The van der Waals surface area contributed by atoms with Crippen LogP contribution in [0.5, 0.6) is 17.2 Å². The molecular weight excluding hydrogens is 350 g/mol. The van der Waals surface area contributed by atoms with Gasteiger partial charge >= 0.3 is 5.97 Å². The van der Waals surface area contributed by atoms with Crippen LogP contribution in [0.2, 0.25) is 0 Å². The number of nitrogens with one attached hydrogen (secondary N) is 1. The van der Waals surface area contributed by atoms with Gasteiger partial charge in [-0.1, -0.05) is 12.1 Å². The van der Waals surface area contributed by atoms with Crippen LogP contribution in [-0.4, -0.2) is 39.8 Å². The Bertz CT molecular complexity index is 814. The minimum atomic E-state index is -0.617. The Labute approximate surface area is 157 Å². The van der Waals surface area contributed by atoms with E-state index in [9.17, 15) is 9.59 Å². The maximum Gasteiger partial charge on any atom is 0.331 e. The van der Waals surface area contributed by atoms with Crippen LogP contribution in [0.3, 0.4) is 0 Å². The predicted octanol–water partition coefficient (Wildman–Crippen LogP) is 2.91. The number of carbonyl (C=O) groups excluding carboxylic acids is 2. The van der Waals surface area contributed by atoms with E-state index in [1.54, 1.807) is 55.7 Å². The lowest BCUT2D eigenvalue weighted by Crippen LogP contribution is -2.20. The van der Waals surface area contributed by atoms with Crippen molar-refractivity contribution in [3.8, 4) is 17.2 Å². The van der Waals surface area contributed by atoms with E-state index in [1.807, 2.05) is 0 Å². The zero-order chi connectivity index (χ0) is 19.6. The second-order valence-electron chi connectivity index (χ2n) is 5.33. The first-order valence-electron chi connectivity index (χ1n) is 8.06. The second kappa shape index (κ2) is 9.86. The molecule has 0 aliphatic carbocycles. The van der Waals surface area contributed by atoms with Gasteiger partial charge in [-0.3, -0.25) is 4.79 Å². The molecule has 2 aromatic rings. The molecule has 1 amide bonds. The topological polar surface area (TPSA) is 83.1 Å². The van der Waals surface area contributed by atoms with Gasteiger partial charge < -0.3 is 24.3 Å². The van der Waals surface area contributed by atoms with E-state index in [2.05, 4.69) is 5.32 Å². The van der Waals surface area contributed by atoms with Crippen molar-refractivity contribution >= 4 is 23.6 Å². The fourth-order valence-corrected chi connectivity index (χ4v) is 2.18. The minimum Gasteiger partial charge on any atom is -0.497 e. The number of methoxy groups -OCH3 is 3. The van der Waals surface area contributed by atoms with Crippen LogP contribution < -0.4 is 19.5 Å². The Hall–Kier alpha value is -3.48. The Balaban J connectivity index is 1.83. The molecule has 0 saturated carbocycles. The highest BCUT2D eigenvalue weighted by atomic mass is 16.5. The summed E-state index contributed by atoms with van der Waals surface area (Å²) < 4.78 is 20.3. The van der Waals surface area contributed by atoms with Gasteiger partial charge in [-0.2, -0.15) is 0 Å². The zero-order valence-electron chi connectivity index (χ0n) is 15.4. The van der Waals surface area contributed by atoms with Crippen molar-refractivity contribution in [2.24, 2.45) is 0 Å². The van der Waals surface area contributed by atoms with Crippen molar-refractivity contribution in [1.29, 1.82) is 0 Å². The third-order valence-electron chi connectivity index (χ3n) is 3.54. The Morgan fingerprint density at radius 3 is 2.26 bits per heavy atom. The summed E-state index contributed by atoms with van der Waals surface area (Å²) in [5.41, 5.74) is 1.31. The molecule has 0 bridgehead atoms. The first-order valence-corrected chi connectivity index (χ1v) is 8.06. The molecule has 27 heavy (non-hydrogen) atoms. The Kier molecular flexibility index (Phi) is 7.25. The van der Waals surface area contributed by atoms with E-state index in [0.717, 1.165) is 11.3 Å². The summed E-state index contributed by atoms with van der Waals surface area (Å²) in [4.78, 5) is 23.6. The second-order valence-corrected chi connectivity index (χ2v) is 5.33. The average molecular weight is 371 g/mol. The summed E-state index contributed by atoms with van der Waals surface area (Å²) in [5.74, 6) is 0.670. The molecule has 0 fully saturated rings. The largest absolute Gasteiger partial charge is 0.497 e. The molecule has 0 radical (unpaired) electrons. The monoisotopic (exact) mass is 371 g/mol. The van der Waals surface area contributed by atoms with Crippen molar-refractivity contribution in [1.82, 2.24) is 0 Å². The molecule has 0 aromatic heterocycles. The van der Waals surface area contributed by atoms with Crippen LogP contribution in [0.4, 0.5) is 5.69 Å². The molecular formula is C20H21NO6. The molecule has 0 aliphatic heterocycles. The molecule has 7 heteroatoms.